The number of fused-ring (bicyclic) bond motifs is 1. The lowest BCUT2D eigenvalue weighted by molar-refractivity contribution is -0.142. The average Bonchev–Trinajstić information content (AvgIpc) is 2.94. The van der Waals surface area contributed by atoms with Crippen LogP contribution in [0.25, 0.3) is 10.8 Å². The summed E-state index contributed by atoms with van der Waals surface area (Å²) in [7, 11) is 0. The van der Waals surface area contributed by atoms with Gasteiger partial charge in [0.15, 0.2) is 6.61 Å². The van der Waals surface area contributed by atoms with Crippen LogP contribution in [0.15, 0.2) is 89.4 Å². The van der Waals surface area contributed by atoms with Crippen LogP contribution in [0.1, 0.15) is 25.0 Å². The molecule has 4 aromatic rings. The predicted octanol–water partition coefficient (Wildman–Crippen LogP) is 7.70. The molecule has 40 heavy (non-hydrogen) atoms. The summed E-state index contributed by atoms with van der Waals surface area (Å²) in [4.78, 5) is 29.0. The van der Waals surface area contributed by atoms with Crippen LogP contribution in [-0.2, 0) is 22.6 Å². The minimum atomic E-state index is -0.788. The standard InChI is InChI=1S/C32H31BrCl2N2O3/c1-21(2)18-36-32(39)28(16-22-8-4-3-5-9-22)37(19-24-12-14-25(34)17-27(24)35)30(38)20-40-29-15-13-23-10-6-7-11-26(23)31(29)33/h3-15,17,21,28H,16,18-20H2,1-2H3,(H,36,39)/t28-/m0/s1. The maximum absolute atomic E-state index is 13.9. The first-order chi connectivity index (χ1) is 19.2. The van der Waals surface area contributed by atoms with E-state index < -0.39 is 6.04 Å². The van der Waals surface area contributed by atoms with E-state index in [9.17, 15) is 9.59 Å². The smallest absolute Gasteiger partial charge is 0.261 e. The molecule has 0 aliphatic rings. The zero-order chi connectivity index (χ0) is 28.6. The first-order valence-electron chi connectivity index (χ1n) is 13.1. The largest absolute Gasteiger partial charge is 0.483 e. The molecule has 2 amide bonds. The van der Waals surface area contributed by atoms with E-state index in [1.54, 1.807) is 23.1 Å². The van der Waals surface area contributed by atoms with E-state index in [1.807, 2.05) is 80.6 Å². The summed E-state index contributed by atoms with van der Waals surface area (Å²) in [6, 6.07) is 25.7. The van der Waals surface area contributed by atoms with Gasteiger partial charge in [0, 0.05) is 29.6 Å². The Labute approximate surface area is 253 Å². The van der Waals surface area contributed by atoms with E-state index in [-0.39, 0.29) is 30.9 Å². The Hall–Kier alpha value is -3.06. The van der Waals surface area contributed by atoms with Crippen molar-refractivity contribution in [2.45, 2.75) is 32.9 Å². The van der Waals surface area contributed by atoms with Gasteiger partial charge in [0.2, 0.25) is 5.91 Å². The number of amides is 2. The molecule has 208 valence electrons. The second kappa shape index (κ2) is 14.0. The molecule has 0 saturated carbocycles. The van der Waals surface area contributed by atoms with Crippen LogP contribution in [0, 0.1) is 5.92 Å². The SMILES string of the molecule is CC(C)CNC(=O)[C@H](Cc1ccccc1)N(Cc1ccc(Cl)cc1Cl)C(=O)COc1ccc2ccccc2c1Br. The highest BCUT2D eigenvalue weighted by molar-refractivity contribution is 9.10. The van der Waals surface area contributed by atoms with Crippen molar-refractivity contribution < 1.29 is 14.3 Å². The minimum Gasteiger partial charge on any atom is -0.483 e. The van der Waals surface area contributed by atoms with Gasteiger partial charge in [0.25, 0.3) is 5.91 Å². The molecule has 0 radical (unpaired) electrons. The lowest BCUT2D eigenvalue weighted by Crippen LogP contribution is -2.52. The van der Waals surface area contributed by atoms with Crippen LogP contribution in [0.5, 0.6) is 5.75 Å². The van der Waals surface area contributed by atoms with Gasteiger partial charge in [-0.3, -0.25) is 9.59 Å². The number of carbonyl (C=O) groups excluding carboxylic acids is 2. The Bertz CT molecular complexity index is 1480. The molecule has 8 heteroatoms. The second-order valence-corrected chi connectivity index (χ2v) is 11.6. The highest BCUT2D eigenvalue weighted by Gasteiger charge is 2.31. The van der Waals surface area contributed by atoms with Gasteiger partial charge in [-0.15, -0.1) is 0 Å². The molecule has 0 aliphatic heterocycles. The first kappa shape index (κ1) is 29.9. The van der Waals surface area contributed by atoms with Gasteiger partial charge >= 0.3 is 0 Å². The Morgan fingerprint density at radius 2 is 1.68 bits per heavy atom. The van der Waals surface area contributed by atoms with Crippen LogP contribution >= 0.6 is 39.1 Å². The molecular weight excluding hydrogens is 611 g/mol. The van der Waals surface area contributed by atoms with Crippen LogP contribution < -0.4 is 10.1 Å². The molecule has 0 heterocycles. The molecule has 0 aromatic heterocycles. The number of hydrogen-bond acceptors (Lipinski definition) is 3. The zero-order valence-electron chi connectivity index (χ0n) is 22.4. The fourth-order valence-electron chi connectivity index (χ4n) is 4.36. The number of carbonyl (C=O) groups is 2. The fourth-order valence-corrected chi connectivity index (χ4v) is 5.43. The van der Waals surface area contributed by atoms with Crippen LogP contribution in [0.4, 0.5) is 0 Å². The Morgan fingerprint density at radius 3 is 2.40 bits per heavy atom. The van der Waals surface area contributed by atoms with Crippen molar-refractivity contribution in [2.24, 2.45) is 5.92 Å². The monoisotopic (exact) mass is 640 g/mol. The third-order valence-electron chi connectivity index (χ3n) is 6.49. The van der Waals surface area contributed by atoms with Crippen molar-refractivity contribution >= 4 is 61.7 Å². The van der Waals surface area contributed by atoms with Crippen molar-refractivity contribution in [1.82, 2.24) is 10.2 Å². The number of hydrogen-bond donors (Lipinski definition) is 1. The fraction of sp³-hybridized carbons (Fsp3) is 0.250. The van der Waals surface area contributed by atoms with E-state index in [1.165, 1.54) is 0 Å². The normalized spacial score (nSPS) is 11.8. The van der Waals surface area contributed by atoms with Crippen LogP contribution in [-0.4, -0.2) is 35.9 Å². The summed E-state index contributed by atoms with van der Waals surface area (Å²) in [6.07, 6.45) is 0.335. The average molecular weight is 642 g/mol. The van der Waals surface area contributed by atoms with Gasteiger partial charge < -0.3 is 15.0 Å². The van der Waals surface area contributed by atoms with Crippen molar-refractivity contribution in [3.05, 3.63) is 111 Å². The summed E-state index contributed by atoms with van der Waals surface area (Å²) in [5, 5.41) is 5.96. The number of halogens is 3. The van der Waals surface area contributed by atoms with Crippen LogP contribution in [0.3, 0.4) is 0 Å². The topological polar surface area (TPSA) is 58.6 Å². The summed E-state index contributed by atoms with van der Waals surface area (Å²) in [5.41, 5.74) is 1.62. The number of benzene rings is 4. The summed E-state index contributed by atoms with van der Waals surface area (Å²) in [5.74, 6) is 0.222. The molecule has 0 spiro atoms. The Kier molecular flexibility index (Phi) is 10.5. The molecule has 4 rings (SSSR count). The number of nitrogens with one attached hydrogen (secondary N) is 1. The van der Waals surface area contributed by atoms with Crippen molar-refractivity contribution in [1.29, 1.82) is 0 Å². The van der Waals surface area contributed by atoms with Crippen LogP contribution in [0.2, 0.25) is 10.0 Å². The molecule has 5 nitrogen and oxygen atoms in total. The second-order valence-electron chi connectivity index (χ2n) is 9.99. The molecule has 0 fully saturated rings. The summed E-state index contributed by atoms with van der Waals surface area (Å²) >= 11 is 16.3. The molecule has 0 saturated heterocycles. The summed E-state index contributed by atoms with van der Waals surface area (Å²) in [6.45, 7) is 4.40. The van der Waals surface area contributed by atoms with Crippen molar-refractivity contribution in [3.8, 4) is 5.75 Å². The molecular formula is C32H31BrCl2N2O3. The third kappa shape index (κ3) is 7.78. The predicted molar refractivity (Wildman–Crippen MR) is 166 cm³/mol. The van der Waals surface area contributed by atoms with Gasteiger partial charge in [0.1, 0.15) is 11.8 Å². The van der Waals surface area contributed by atoms with E-state index in [0.717, 1.165) is 20.8 Å². The van der Waals surface area contributed by atoms with Gasteiger partial charge in [-0.25, -0.2) is 0 Å². The maximum atomic E-state index is 13.9. The highest BCUT2D eigenvalue weighted by Crippen LogP contribution is 2.33. The van der Waals surface area contributed by atoms with E-state index in [2.05, 4.69) is 21.2 Å². The molecule has 4 aromatic carbocycles. The summed E-state index contributed by atoms with van der Waals surface area (Å²) < 4.78 is 6.79. The zero-order valence-corrected chi connectivity index (χ0v) is 25.5. The van der Waals surface area contributed by atoms with E-state index in [4.69, 9.17) is 27.9 Å². The molecule has 0 aliphatic carbocycles. The number of rotatable bonds is 11. The molecule has 1 atom stereocenters. The molecule has 0 bridgehead atoms. The van der Waals surface area contributed by atoms with E-state index in [0.29, 0.717) is 34.3 Å². The maximum Gasteiger partial charge on any atom is 0.261 e. The third-order valence-corrected chi connectivity index (χ3v) is 7.90. The first-order valence-corrected chi connectivity index (χ1v) is 14.6. The lowest BCUT2D eigenvalue weighted by Gasteiger charge is -2.32. The quantitative estimate of drug-likeness (QED) is 0.183. The lowest BCUT2D eigenvalue weighted by atomic mass is 10.0. The minimum absolute atomic E-state index is 0.115. The van der Waals surface area contributed by atoms with Crippen molar-refractivity contribution in [2.75, 3.05) is 13.2 Å². The number of nitrogens with zero attached hydrogens (tertiary/aromatic N) is 1. The van der Waals surface area contributed by atoms with Gasteiger partial charge in [-0.2, -0.15) is 0 Å². The number of ether oxygens (including phenoxy) is 1. The van der Waals surface area contributed by atoms with Gasteiger partial charge in [-0.1, -0.05) is 104 Å². The molecule has 1 N–H and O–H groups in total. The van der Waals surface area contributed by atoms with Crippen molar-refractivity contribution in [3.63, 3.8) is 0 Å². The van der Waals surface area contributed by atoms with E-state index >= 15 is 0 Å². The Morgan fingerprint density at radius 1 is 0.950 bits per heavy atom. The van der Waals surface area contributed by atoms with Gasteiger partial charge in [0.05, 0.1) is 4.47 Å². The van der Waals surface area contributed by atoms with Gasteiger partial charge in [-0.05, 0) is 61.9 Å². The highest BCUT2D eigenvalue weighted by atomic mass is 79.9. The molecule has 0 unspecified atom stereocenters. The Balaban J connectivity index is 1.65.